The lowest BCUT2D eigenvalue weighted by molar-refractivity contribution is -0.142. The maximum absolute atomic E-state index is 10.5. The van der Waals surface area contributed by atoms with E-state index in [0.717, 1.165) is 11.3 Å². The Labute approximate surface area is 110 Å². The highest BCUT2D eigenvalue weighted by atomic mass is 16.6. The van der Waals surface area contributed by atoms with E-state index >= 15 is 0 Å². The SMILES string of the molecule is O=C(O)CO/N=C1\c2ccccc2[C@@H]2C=CC=C[C@@H]12. The topological polar surface area (TPSA) is 58.9 Å². The summed E-state index contributed by atoms with van der Waals surface area (Å²) in [5, 5.41) is 12.6. The summed E-state index contributed by atoms with van der Waals surface area (Å²) in [4.78, 5) is 15.4. The molecule has 2 aliphatic rings. The summed E-state index contributed by atoms with van der Waals surface area (Å²) in [6.07, 6.45) is 8.23. The van der Waals surface area contributed by atoms with E-state index in [1.54, 1.807) is 0 Å². The van der Waals surface area contributed by atoms with Crippen LogP contribution in [0.5, 0.6) is 0 Å². The zero-order valence-corrected chi connectivity index (χ0v) is 10.2. The van der Waals surface area contributed by atoms with Crippen molar-refractivity contribution in [3.05, 3.63) is 59.7 Å². The number of benzene rings is 1. The number of oxime groups is 1. The maximum atomic E-state index is 10.5. The van der Waals surface area contributed by atoms with Crippen molar-refractivity contribution in [1.29, 1.82) is 0 Å². The Kier molecular flexibility index (Phi) is 2.91. The second kappa shape index (κ2) is 4.72. The Bertz CT molecular complexity index is 601. The summed E-state index contributed by atoms with van der Waals surface area (Å²) in [6, 6.07) is 8.04. The summed E-state index contributed by atoms with van der Waals surface area (Å²) >= 11 is 0. The summed E-state index contributed by atoms with van der Waals surface area (Å²) in [5.41, 5.74) is 3.06. The van der Waals surface area contributed by atoms with E-state index in [0.29, 0.717) is 0 Å². The summed E-state index contributed by atoms with van der Waals surface area (Å²) in [5.74, 6) is -0.615. The van der Waals surface area contributed by atoms with E-state index in [1.165, 1.54) is 5.56 Å². The van der Waals surface area contributed by atoms with Gasteiger partial charge in [-0.2, -0.15) is 0 Å². The van der Waals surface area contributed by atoms with Gasteiger partial charge in [0.2, 0.25) is 6.61 Å². The second-order valence-electron chi connectivity index (χ2n) is 4.55. The van der Waals surface area contributed by atoms with Gasteiger partial charge in [-0.25, -0.2) is 4.79 Å². The van der Waals surface area contributed by atoms with Gasteiger partial charge in [0.15, 0.2) is 0 Å². The van der Waals surface area contributed by atoms with Gasteiger partial charge in [-0.3, -0.25) is 0 Å². The smallest absolute Gasteiger partial charge is 0.344 e. The van der Waals surface area contributed by atoms with Crippen molar-refractivity contribution in [1.82, 2.24) is 0 Å². The van der Waals surface area contributed by atoms with E-state index in [9.17, 15) is 4.79 Å². The molecule has 0 spiro atoms. The Morgan fingerprint density at radius 3 is 2.74 bits per heavy atom. The Morgan fingerprint density at radius 2 is 1.95 bits per heavy atom. The van der Waals surface area contributed by atoms with Gasteiger partial charge in [-0.05, 0) is 5.56 Å². The minimum absolute atomic E-state index is 0.135. The highest BCUT2D eigenvalue weighted by Crippen LogP contribution is 2.41. The van der Waals surface area contributed by atoms with Crippen LogP contribution in [0.2, 0.25) is 0 Å². The number of allylic oxidation sites excluding steroid dienone is 4. The molecule has 0 radical (unpaired) electrons. The molecule has 4 nitrogen and oxygen atoms in total. The molecule has 0 aliphatic heterocycles. The summed E-state index contributed by atoms with van der Waals surface area (Å²) in [7, 11) is 0. The average molecular weight is 255 g/mol. The monoisotopic (exact) mass is 255 g/mol. The van der Waals surface area contributed by atoms with Crippen LogP contribution >= 0.6 is 0 Å². The highest BCUT2D eigenvalue weighted by Gasteiger charge is 2.36. The number of hydrogen-bond acceptors (Lipinski definition) is 3. The van der Waals surface area contributed by atoms with Gasteiger partial charge in [-0.15, -0.1) is 0 Å². The van der Waals surface area contributed by atoms with E-state index in [1.807, 2.05) is 30.4 Å². The molecule has 3 rings (SSSR count). The molecule has 2 atom stereocenters. The lowest BCUT2D eigenvalue weighted by Crippen LogP contribution is -2.14. The van der Waals surface area contributed by atoms with Gasteiger partial charge in [0.1, 0.15) is 0 Å². The fourth-order valence-corrected chi connectivity index (χ4v) is 2.63. The van der Waals surface area contributed by atoms with Crippen molar-refractivity contribution < 1.29 is 14.7 Å². The first kappa shape index (κ1) is 11.7. The van der Waals surface area contributed by atoms with Gasteiger partial charge in [0, 0.05) is 17.4 Å². The maximum Gasteiger partial charge on any atom is 0.344 e. The summed E-state index contributed by atoms with van der Waals surface area (Å²) in [6.45, 7) is -0.414. The van der Waals surface area contributed by atoms with Crippen LogP contribution in [-0.4, -0.2) is 23.4 Å². The third-order valence-electron chi connectivity index (χ3n) is 3.40. The number of hydrogen-bond donors (Lipinski definition) is 1. The van der Waals surface area contributed by atoms with Gasteiger partial charge in [-0.1, -0.05) is 53.7 Å². The largest absolute Gasteiger partial charge is 0.479 e. The standard InChI is InChI=1S/C15H13NO3/c17-14(18)9-19-16-15-12-7-3-1-5-10(12)11-6-2-4-8-13(11)15/h1-8,10,12H,9H2,(H,17,18)/b16-15-/t10-,12+/m0/s1. The van der Waals surface area contributed by atoms with Crippen LogP contribution in [0.1, 0.15) is 17.0 Å². The first-order valence-corrected chi connectivity index (χ1v) is 6.13. The van der Waals surface area contributed by atoms with Crippen LogP contribution in [0.3, 0.4) is 0 Å². The van der Waals surface area contributed by atoms with Crippen molar-refractivity contribution in [2.24, 2.45) is 11.1 Å². The Hall–Kier alpha value is -2.36. The number of nitrogens with zero attached hydrogens (tertiary/aromatic N) is 1. The second-order valence-corrected chi connectivity index (χ2v) is 4.55. The minimum Gasteiger partial charge on any atom is -0.479 e. The first-order chi connectivity index (χ1) is 9.27. The Morgan fingerprint density at radius 1 is 1.21 bits per heavy atom. The van der Waals surface area contributed by atoms with Gasteiger partial charge in [0.05, 0.1) is 5.71 Å². The normalized spacial score (nSPS) is 25.2. The molecule has 0 aromatic heterocycles. The molecular formula is C15H13NO3. The molecule has 0 bridgehead atoms. The average Bonchev–Trinajstić information content (AvgIpc) is 2.74. The van der Waals surface area contributed by atoms with Crippen molar-refractivity contribution >= 4 is 11.7 Å². The van der Waals surface area contributed by atoms with Crippen molar-refractivity contribution in [3.63, 3.8) is 0 Å². The molecule has 1 N–H and O–H groups in total. The van der Waals surface area contributed by atoms with Crippen LogP contribution < -0.4 is 0 Å². The third kappa shape index (κ3) is 2.05. The predicted octanol–water partition coefficient (Wildman–Crippen LogP) is 2.33. The molecule has 0 heterocycles. The van der Waals surface area contributed by atoms with E-state index in [-0.39, 0.29) is 11.8 Å². The molecule has 0 fully saturated rings. The van der Waals surface area contributed by atoms with Gasteiger partial charge in [0.25, 0.3) is 0 Å². The van der Waals surface area contributed by atoms with E-state index in [2.05, 4.69) is 23.4 Å². The summed E-state index contributed by atoms with van der Waals surface area (Å²) < 4.78 is 0. The number of carbonyl (C=O) groups is 1. The Balaban J connectivity index is 1.97. The van der Waals surface area contributed by atoms with Crippen LogP contribution in [-0.2, 0) is 9.63 Å². The number of fused-ring (bicyclic) bond motifs is 3. The predicted molar refractivity (Wildman–Crippen MR) is 71.1 cm³/mol. The van der Waals surface area contributed by atoms with Crippen LogP contribution in [0.4, 0.5) is 0 Å². The number of rotatable bonds is 3. The van der Waals surface area contributed by atoms with E-state index in [4.69, 9.17) is 9.94 Å². The molecule has 0 unspecified atom stereocenters. The number of carboxylic acids is 1. The number of carboxylic acid groups (broad SMARTS) is 1. The molecule has 2 aliphatic carbocycles. The third-order valence-corrected chi connectivity index (χ3v) is 3.40. The first-order valence-electron chi connectivity index (χ1n) is 6.13. The highest BCUT2D eigenvalue weighted by molar-refractivity contribution is 6.08. The molecule has 19 heavy (non-hydrogen) atoms. The zero-order chi connectivity index (χ0) is 13.2. The van der Waals surface area contributed by atoms with Gasteiger partial charge < -0.3 is 9.94 Å². The van der Waals surface area contributed by atoms with Crippen molar-refractivity contribution in [2.45, 2.75) is 5.92 Å². The quantitative estimate of drug-likeness (QED) is 0.843. The van der Waals surface area contributed by atoms with Gasteiger partial charge >= 0.3 is 5.97 Å². The molecule has 96 valence electrons. The van der Waals surface area contributed by atoms with Crippen LogP contribution in [0.15, 0.2) is 53.7 Å². The minimum atomic E-state index is -1.02. The molecular weight excluding hydrogens is 242 g/mol. The fourth-order valence-electron chi connectivity index (χ4n) is 2.63. The fraction of sp³-hybridized carbons (Fsp3) is 0.200. The van der Waals surface area contributed by atoms with Crippen molar-refractivity contribution in [3.8, 4) is 0 Å². The lowest BCUT2D eigenvalue weighted by atomic mass is 9.88. The van der Waals surface area contributed by atoms with Crippen LogP contribution in [0.25, 0.3) is 0 Å². The molecule has 4 heteroatoms. The molecule has 1 aromatic rings. The molecule has 0 saturated heterocycles. The van der Waals surface area contributed by atoms with E-state index < -0.39 is 12.6 Å². The molecule has 1 aromatic carbocycles. The number of aliphatic carboxylic acids is 1. The molecule has 0 saturated carbocycles. The molecule has 0 amide bonds. The van der Waals surface area contributed by atoms with Crippen LogP contribution in [0, 0.1) is 5.92 Å². The lowest BCUT2D eigenvalue weighted by Gasteiger charge is -2.15. The van der Waals surface area contributed by atoms with Crippen molar-refractivity contribution in [2.75, 3.05) is 6.61 Å². The zero-order valence-electron chi connectivity index (χ0n) is 10.2.